The van der Waals surface area contributed by atoms with E-state index in [0.29, 0.717) is 14.9 Å². The Balaban J connectivity index is 1.36. The minimum Gasteiger partial charge on any atom is -0.369 e. The topological polar surface area (TPSA) is 47.6 Å². The van der Waals surface area contributed by atoms with Crippen LogP contribution in [0.1, 0.15) is 16.6 Å². The Bertz CT molecular complexity index is 1110. The summed E-state index contributed by atoms with van der Waals surface area (Å²) in [6.45, 7) is 7.51. The summed E-state index contributed by atoms with van der Waals surface area (Å²) in [4.78, 5) is 17.9. The molecular weight excluding hydrogens is 471 g/mol. The average Bonchev–Trinajstić information content (AvgIpc) is 3.10. The zero-order valence-corrected chi connectivity index (χ0v) is 20.1. The maximum atomic E-state index is 12.7. The first kappa shape index (κ1) is 22.3. The van der Waals surface area contributed by atoms with E-state index in [1.54, 1.807) is 12.1 Å². The first-order chi connectivity index (χ1) is 14.9. The monoisotopic (exact) mass is 492 g/mol. The zero-order valence-electron chi connectivity index (χ0n) is 17.0. The molecule has 4 rings (SSSR count). The molecule has 162 valence electrons. The molecule has 0 bridgehead atoms. The van der Waals surface area contributed by atoms with Gasteiger partial charge in [-0.3, -0.25) is 10.1 Å². The Labute approximate surface area is 200 Å². The fourth-order valence-corrected chi connectivity index (χ4v) is 5.48. The molecule has 0 radical (unpaired) electrons. The lowest BCUT2D eigenvalue weighted by Crippen LogP contribution is -2.46. The number of thiocarbonyl (C=S) groups is 1. The van der Waals surface area contributed by atoms with Crippen LogP contribution in [0.3, 0.4) is 0 Å². The number of anilines is 2. The second kappa shape index (κ2) is 9.71. The third kappa shape index (κ3) is 5.13. The molecule has 2 heterocycles. The van der Waals surface area contributed by atoms with E-state index >= 15 is 0 Å². The number of amides is 1. The van der Waals surface area contributed by atoms with E-state index in [-0.39, 0.29) is 11.0 Å². The number of halogens is 2. The number of hydrogen-bond acceptors (Lipinski definition) is 5. The number of carbonyl (C=O) groups is 1. The van der Waals surface area contributed by atoms with Gasteiger partial charge in [-0.05, 0) is 55.2 Å². The summed E-state index contributed by atoms with van der Waals surface area (Å²) in [5.74, 6) is -0.342. The number of likely N-dealkylation sites (N-methyl/N-ethyl adjacent to an activating group) is 1. The first-order valence-corrected chi connectivity index (χ1v) is 12.0. The number of nitrogens with one attached hydrogen (secondary N) is 2. The van der Waals surface area contributed by atoms with E-state index in [4.69, 9.17) is 35.4 Å². The third-order valence-corrected chi connectivity index (χ3v) is 7.43. The highest BCUT2D eigenvalue weighted by Gasteiger charge is 2.19. The zero-order chi connectivity index (χ0) is 22.0. The van der Waals surface area contributed by atoms with E-state index in [2.05, 4.69) is 39.5 Å². The predicted molar refractivity (Wildman–Crippen MR) is 136 cm³/mol. The number of fused-ring (bicyclic) bond motifs is 1. The van der Waals surface area contributed by atoms with Crippen LogP contribution in [0, 0.1) is 0 Å². The van der Waals surface area contributed by atoms with Gasteiger partial charge in [-0.25, -0.2) is 0 Å². The van der Waals surface area contributed by atoms with Gasteiger partial charge in [0, 0.05) is 52.7 Å². The van der Waals surface area contributed by atoms with Crippen molar-refractivity contribution in [2.24, 2.45) is 0 Å². The summed E-state index contributed by atoms with van der Waals surface area (Å²) in [5.41, 5.74) is 2.00. The number of hydrogen-bond donors (Lipinski definition) is 2. The van der Waals surface area contributed by atoms with E-state index in [1.165, 1.54) is 17.0 Å². The number of nitrogens with zero attached hydrogens (tertiary/aromatic N) is 2. The van der Waals surface area contributed by atoms with Crippen molar-refractivity contribution in [3.8, 4) is 0 Å². The molecule has 9 heteroatoms. The van der Waals surface area contributed by atoms with E-state index in [1.807, 2.05) is 18.2 Å². The molecule has 2 N–H and O–H groups in total. The van der Waals surface area contributed by atoms with Crippen molar-refractivity contribution in [2.45, 2.75) is 6.92 Å². The molecule has 1 amide bonds. The maximum Gasteiger partial charge on any atom is 0.269 e. The Morgan fingerprint density at radius 2 is 1.81 bits per heavy atom. The smallest absolute Gasteiger partial charge is 0.269 e. The molecule has 1 saturated heterocycles. The lowest BCUT2D eigenvalue weighted by Gasteiger charge is -2.35. The van der Waals surface area contributed by atoms with Crippen molar-refractivity contribution in [3.05, 3.63) is 57.4 Å². The van der Waals surface area contributed by atoms with Crippen LogP contribution in [0.5, 0.6) is 0 Å². The third-order valence-electron chi connectivity index (χ3n) is 5.33. The van der Waals surface area contributed by atoms with E-state index in [0.717, 1.165) is 48.5 Å². The highest BCUT2D eigenvalue weighted by Crippen LogP contribution is 2.36. The van der Waals surface area contributed by atoms with Crippen LogP contribution in [-0.4, -0.2) is 48.6 Å². The fourth-order valence-electron chi connectivity index (χ4n) is 3.59. The molecule has 31 heavy (non-hydrogen) atoms. The van der Waals surface area contributed by atoms with Gasteiger partial charge in [0.2, 0.25) is 0 Å². The number of piperazine rings is 1. The van der Waals surface area contributed by atoms with Crippen LogP contribution in [0.4, 0.5) is 11.4 Å². The number of carbonyl (C=O) groups excluding carboxylic acids is 1. The molecule has 5 nitrogen and oxygen atoms in total. The highest BCUT2D eigenvalue weighted by atomic mass is 35.5. The summed E-state index contributed by atoms with van der Waals surface area (Å²) in [7, 11) is 0. The highest BCUT2D eigenvalue weighted by molar-refractivity contribution is 7.80. The molecular formula is C22H22Cl2N4OS2. The van der Waals surface area contributed by atoms with E-state index < -0.39 is 0 Å². The van der Waals surface area contributed by atoms with Gasteiger partial charge < -0.3 is 15.1 Å². The summed E-state index contributed by atoms with van der Waals surface area (Å²) in [6.07, 6.45) is 0. The quantitative estimate of drug-likeness (QED) is 0.472. The Morgan fingerprint density at radius 3 is 2.48 bits per heavy atom. The summed E-state index contributed by atoms with van der Waals surface area (Å²) in [6, 6.07) is 13.4. The average molecular weight is 493 g/mol. The largest absolute Gasteiger partial charge is 0.369 e. The minimum atomic E-state index is -0.342. The molecule has 0 atom stereocenters. The van der Waals surface area contributed by atoms with Gasteiger partial charge in [-0.1, -0.05) is 36.2 Å². The number of rotatable bonds is 4. The first-order valence-electron chi connectivity index (χ1n) is 10.0. The Kier molecular flexibility index (Phi) is 6.99. The molecule has 1 aliphatic heterocycles. The van der Waals surface area contributed by atoms with Gasteiger partial charge >= 0.3 is 0 Å². The van der Waals surface area contributed by atoms with Crippen LogP contribution in [-0.2, 0) is 0 Å². The lowest BCUT2D eigenvalue weighted by atomic mass is 10.2. The maximum absolute atomic E-state index is 12.7. The molecule has 2 aromatic carbocycles. The van der Waals surface area contributed by atoms with Crippen LogP contribution in [0.15, 0.2) is 42.5 Å². The molecule has 0 spiro atoms. The predicted octanol–water partition coefficient (Wildman–Crippen LogP) is 5.48. The molecule has 0 saturated carbocycles. The van der Waals surface area contributed by atoms with Crippen molar-refractivity contribution in [2.75, 3.05) is 42.9 Å². The number of thiophene rings is 1. The van der Waals surface area contributed by atoms with E-state index in [9.17, 15) is 4.79 Å². The standard InChI is InChI=1S/C22H22Cl2N4OS2/c1-2-27-9-11-28(12-10-27)16-6-4-15(5-7-16)25-22(30)26-21(29)20-19(24)17-8-3-14(23)13-18(17)31-20/h3-8,13H,2,9-12H2,1H3,(H2,25,26,29,30). The van der Waals surface area contributed by atoms with Crippen molar-refractivity contribution in [3.63, 3.8) is 0 Å². The molecule has 0 aliphatic carbocycles. The summed E-state index contributed by atoms with van der Waals surface area (Å²) < 4.78 is 0.858. The van der Waals surface area contributed by atoms with Gasteiger partial charge in [0.1, 0.15) is 4.88 Å². The van der Waals surface area contributed by atoms with Crippen molar-refractivity contribution in [1.82, 2.24) is 10.2 Å². The van der Waals surface area contributed by atoms with Gasteiger partial charge in [0.05, 0.1) is 5.02 Å². The van der Waals surface area contributed by atoms with Gasteiger partial charge in [-0.15, -0.1) is 11.3 Å². The van der Waals surface area contributed by atoms with Crippen LogP contribution in [0.2, 0.25) is 10.0 Å². The molecule has 0 unspecified atom stereocenters. The lowest BCUT2D eigenvalue weighted by molar-refractivity contribution is 0.0982. The second-order valence-corrected chi connectivity index (χ2v) is 9.54. The summed E-state index contributed by atoms with van der Waals surface area (Å²) in [5, 5.41) is 7.81. The summed E-state index contributed by atoms with van der Waals surface area (Å²) >= 11 is 19.0. The van der Waals surface area contributed by atoms with Crippen LogP contribution >= 0.6 is 46.8 Å². The van der Waals surface area contributed by atoms with Gasteiger partial charge in [0.25, 0.3) is 5.91 Å². The normalized spacial score (nSPS) is 14.6. The van der Waals surface area contributed by atoms with Gasteiger partial charge in [0.15, 0.2) is 5.11 Å². The Morgan fingerprint density at radius 1 is 1.10 bits per heavy atom. The SMILES string of the molecule is CCN1CCN(c2ccc(NC(=S)NC(=O)c3sc4cc(Cl)ccc4c3Cl)cc2)CC1. The van der Waals surface area contributed by atoms with Gasteiger partial charge in [-0.2, -0.15) is 0 Å². The van der Waals surface area contributed by atoms with Crippen molar-refractivity contribution >= 4 is 79.2 Å². The molecule has 1 aromatic heterocycles. The van der Waals surface area contributed by atoms with Crippen LogP contribution in [0.25, 0.3) is 10.1 Å². The Hall–Kier alpha value is -1.90. The van der Waals surface area contributed by atoms with Crippen molar-refractivity contribution in [1.29, 1.82) is 0 Å². The fraction of sp³-hybridized carbons (Fsp3) is 0.273. The second-order valence-electron chi connectivity index (χ2n) is 7.26. The molecule has 1 fully saturated rings. The molecule has 1 aliphatic rings. The van der Waals surface area contributed by atoms with Crippen LogP contribution < -0.4 is 15.5 Å². The number of benzene rings is 2. The minimum absolute atomic E-state index is 0.223. The molecule has 3 aromatic rings. The van der Waals surface area contributed by atoms with Crippen molar-refractivity contribution < 1.29 is 4.79 Å².